The third-order valence-electron chi connectivity index (χ3n) is 5.46. The van der Waals surface area contributed by atoms with Gasteiger partial charge in [-0.25, -0.2) is 0 Å². The Kier molecular flexibility index (Phi) is 4.33. The summed E-state index contributed by atoms with van der Waals surface area (Å²) in [5, 5.41) is 3.09. The Labute approximate surface area is 146 Å². The highest BCUT2D eigenvalue weighted by Gasteiger charge is 2.43. The van der Waals surface area contributed by atoms with E-state index in [0.717, 1.165) is 49.9 Å². The predicted molar refractivity (Wildman–Crippen MR) is 95.6 cm³/mol. The molecule has 4 nitrogen and oxygen atoms in total. The van der Waals surface area contributed by atoms with Crippen LogP contribution in [0.5, 0.6) is 0 Å². The lowest BCUT2D eigenvalue weighted by Crippen LogP contribution is -2.43. The van der Waals surface area contributed by atoms with Crippen LogP contribution in [0.2, 0.25) is 0 Å². The second-order valence-corrected chi connectivity index (χ2v) is 7.94. The minimum atomic E-state index is 0.176. The molecule has 0 unspecified atom stereocenters. The molecule has 1 aromatic heterocycles. The van der Waals surface area contributed by atoms with Gasteiger partial charge in [0.15, 0.2) is 0 Å². The highest BCUT2D eigenvalue weighted by Crippen LogP contribution is 2.42. The van der Waals surface area contributed by atoms with E-state index in [9.17, 15) is 4.79 Å². The van der Waals surface area contributed by atoms with E-state index in [2.05, 4.69) is 6.07 Å². The number of piperidine rings is 1. The topological polar surface area (TPSA) is 38.8 Å². The fraction of sp³-hybridized carbons (Fsp3) is 0.526. The maximum Gasteiger partial charge on any atom is 0.255 e. The molecular formula is C19H23NO3S. The zero-order valence-electron chi connectivity index (χ0n) is 14.0. The van der Waals surface area contributed by atoms with Gasteiger partial charge in [0.1, 0.15) is 0 Å². The van der Waals surface area contributed by atoms with E-state index in [1.54, 1.807) is 18.4 Å². The van der Waals surface area contributed by atoms with Crippen LogP contribution in [0.3, 0.4) is 0 Å². The van der Waals surface area contributed by atoms with Crippen LogP contribution in [-0.4, -0.2) is 50.3 Å². The second-order valence-electron chi connectivity index (χ2n) is 7.03. The molecule has 0 aliphatic carbocycles. The highest BCUT2D eigenvalue weighted by atomic mass is 32.1. The van der Waals surface area contributed by atoms with Crippen molar-refractivity contribution in [3.05, 3.63) is 35.2 Å². The second kappa shape index (κ2) is 6.47. The van der Waals surface area contributed by atoms with Gasteiger partial charge in [0.25, 0.3) is 5.91 Å². The number of fused-ring (bicyclic) bond motifs is 1. The number of hydrogen-bond acceptors (Lipinski definition) is 4. The number of rotatable bonds is 3. The lowest BCUT2D eigenvalue weighted by molar-refractivity contribution is 0.0281. The van der Waals surface area contributed by atoms with Gasteiger partial charge >= 0.3 is 0 Å². The van der Waals surface area contributed by atoms with E-state index in [0.29, 0.717) is 6.61 Å². The monoisotopic (exact) mass is 345 g/mol. The summed E-state index contributed by atoms with van der Waals surface area (Å²) in [4.78, 5) is 14.9. The van der Waals surface area contributed by atoms with Crippen molar-refractivity contribution in [2.75, 3.05) is 33.4 Å². The van der Waals surface area contributed by atoms with E-state index in [1.807, 2.05) is 28.5 Å². The smallest absolute Gasteiger partial charge is 0.255 e. The molecule has 0 radical (unpaired) electrons. The Morgan fingerprint density at radius 3 is 2.96 bits per heavy atom. The first kappa shape index (κ1) is 16.1. The van der Waals surface area contributed by atoms with Gasteiger partial charge in [0.05, 0.1) is 24.9 Å². The Morgan fingerprint density at radius 1 is 1.38 bits per heavy atom. The first-order valence-corrected chi connectivity index (χ1v) is 9.45. The molecule has 1 amide bonds. The molecule has 2 saturated heterocycles. The first-order chi connectivity index (χ1) is 11.7. The number of thiophene rings is 1. The van der Waals surface area contributed by atoms with Gasteiger partial charge in [-0.2, -0.15) is 0 Å². The molecule has 24 heavy (non-hydrogen) atoms. The maximum atomic E-state index is 12.9. The van der Waals surface area contributed by atoms with Crippen molar-refractivity contribution >= 4 is 27.3 Å². The van der Waals surface area contributed by atoms with E-state index in [-0.39, 0.29) is 17.4 Å². The van der Waals surface area contributed by atoms with Crippen molar-refractivity contribution < 1.29 is 14.3 Å². The number of amides is 1. The summed E-state index contributed by atoms with van der Waals surface area (Å²) in [6, 6.07) is 8.15. The Hall–Kier alpha value is -1.43. The summed E-state index contributed by atoms with van der Waals surface area (Å²) >= 11 is 1.65. The quantitative estimate of drug-likeness (QED) is 0.854. The van der Waals surface area contributed by atoms with Crippen molar-refractivity contribution in [1.82, 2.24) is 4.90 Å². The first-order valence-electron chi connectivity index (χ1n) is 8.57. The molecule has 0 bridgehead atoms. The summed E-state index contributed by atoms with van der Waals surface area (Å²) in [6.07, 6.45) is 3.34. The minimum Gasteiger partial charge on any atom is -0.382 e. The molecule has 4 rings (SSSR count). The number of benzene rings is 1. The van der Waals surface area contributed by atoms with Gasteiger partial charge in [-0.1, -0.05) is 18.2 Å². The zero-order valence-corrected chi connectivity index (χ0v) is 14.8. The molecule has 1 aromatic carbocycles. The number of nitrogens with zero attached hydrogens (tertiary/aromatic N) is 1. The summed E-state index contributed by atoms with van der Waals surface area (Å²) in [7, 11) is 1.72. The molecule has 1 spiro atoms. The Bertz CT molecular complexity index is 733. The highest BCUT2D eigenvalue weighted by molar-refractivity contribution is 7.17. The standard InChI is InChI=1S/C19H23NO3S/c1-22-11-14-10-19(13-23-14)6-8-20(9-7-19)18(21)16-12-24-17-5-3-2-4-15(16)17/h2-5,12,14H,6-11,13H2,1H3/t14-/m0/s1. The van der Waals surface area contributed by atoms with Crippen molar-refractivity contribution in [2.24, 2.45) is 5.41 Å². The maximum absolute atomic E-state index is 12.9. The summed E-state index contributed by atoms with van der Waals surface area (Å²) < 4.78 is 12.3. The third kappa shape index (κ3) is 2.85. The van der Waals surface area contributed by atoms with E-state index in [1.165, 1.54) is 4.70 Å². The van der Waals surface area contributed by atoms with Crippen LogP contribution in [0.15, 0.2) is 29.6 Å². The van der Waals surface area contributed by atoms with Crippen molar-refractivity contribution in [3.8, 4) is 0 Å². The van der Waals surface area contributed by atoms with Gasteiger partial charge in [0.2, 0.25) is 0 Å². The predicted octanol–water partition coefficient (Wildman–Crippen LogP) is 3.56. The van der Waals surface area contributed by atoms with Gasteiger partial charge < -0.3 is 14.4 Å². The number of hydrogen-bond donors (Lipinski definition) is 0. The van der Waals surface area contributed by atoms with Gasteiger partial charge in [-0.05, 0) is 30.7 Å². The normalized spacial score (nSPS) is 23.2. The van der Waals surface area contributed by atoms with Crippen LogP contribution in [0, 0.1) is 5.41 Å². The number of ether oxygens (including phenoxy) is 2. The van der Waals surface area contributed by atoms with Crippen LogP contribution >= 0.6 is 11.3 Å². The molecule has 5 heteroatoms. The molecule has 2 aliphatic rings. The van der Waals surface area contributed by atoms with E-state index < -0.39 is 0 Å². The zero-order chi connectivity index (χ0) is 16.6. The minimum absolute atomic E-state index is 0.176. The molecule has 1 atom stereocenters. The number of methoxy groups -OCH3 is 1. The number of carbonyl (C=O) groups excluding carboxylic acids is 1. The van der Waals surface area contributed by atoms with Crippen LogP contribution in [0.1, 0.15) is 29.6 Å². The summed E-state index contributed by atoms with van der Waals surface area (Å²) in [6.45, 7) is 3.13. The average molecular weight is 345 g/mol. The van der Waals surface area contributed by atoms with Gasteiger partial charge in [0, 0.05) is 35.7 Å². The Balaban J connectivity index is 1.43. The largest absolute Gasteiger partial charge is 0.382 e. The van der Waals surface area contributed by atoms with E-state index in [4.69, 9.17) is 9.47 Å². The van der Waals surface area contributed by atoms with Crippen LogP contribution in [0.25, 0.3) is 10.1 Å². The summed E-state index contributed by atoms with van der Waals surface area (Å²) in [5.41, 5.74) is 1.10. The van der Waals surface area contributed by atoms with Crippen molar-refractivity contribution in [2.45, 2.75) is 25.4 Å². The Morgan fingerprint density at radius 2 is 2.17 bits per heavy atom. The van der Waals surface area contributed by atoms with Crippen molar-refractivity contribution in [1.29, 1.82) is 0 Å². The van der Waals surface area contributed by atoms with Gasteiger partial charge in [-0.3, -0.25) is 4.79 Å². The molecule has 3 heterocycles. The van der Waals surface area contributed by atoms with Crippen LogP contribution in [-0.2, 0) is 9.47 Å². The fourth-order valence-electron chi connectivity index (χ4n) is 4.03. The number of likely N-dealkylation sites (tertiary alicyclic amines) is 1. The molecule has 2 aromatic rings. The molecule has 128 valence electrons. The van der Waals surface area contributed by atoms with Crippen molar-refractivity contribution in [3.63, 3.8) is 0 Å². The van der Waals surface area contributed by atoms with Crippen LogP contribution < -0.4 is 0 Å². The average Bonchev–Trinajstić information content (AvgIpc) is 3.20. The van der Waals surface area contributed by atoms with Gasteiger partial charge in [-0.15, -0.1) is 11.3 Å². The third-order valence-corrected chi connectivity index (χ3v) is 6.42. The lowest BCUT2D eigenvalue weighted by Gasteiger charge is -2.38. The van der Waals surface area contributed by atoms with Crippen LogP contribution in [0.4, 0.5) is 0 Å². The number of carbonyl (C=O) groups is 1. The SMILES string of the molecule is COC[C@@H]1CC2(CCN(C(=O)c3csc4ccccc34)CC2)CO1. The lowest BCUT2D eigenvalue weighted by atomic mass is 9.76. The van der Waals surface area contributed by atoms with E-state index >= 15 is 0 Å². The molecule has 0 saturated carbocycles. The molecular weight excluding hydrogens is 322 g/mol. The molecule has 0 N–H and O–H groups in total. The molecule has 2 aliphatic heterocycles. The fourth-order valence-corrected chi connectivity index (χ4v) is 4.97. The summed E-state index contributed by atoms with van der Waals surface area (Å²) in [5.74, 6) is 0.176. The molecule has 2 fully saturated rings.